The van der Waals surface area contributed by atoms with Gasteiger partial charge in [-0.25, -0.2) is 0 Å². The Hall–Kier alpha value is -3.62. The summed E-state index contributed by atoms with van der Waals surface area (Å²) in [5.41, 5.74) is 0.00525. The molecule has 2 aromatic carbocycles. The van der Waals surface area contributed by atoms with Crippen molar-refractivity contribution in [2.45, 2.75) is 25.0 Å². The lowest BCUT2D eigenvalue weighted by molar-refractivity contribution is -0.386. The van der Waals surface area contributed by atoms with Crippen LogP contribution in [0, 0.1) is 20.2 Å². The van der Waals surface area contributed by atoms with E-state index in [9.17, 15) is 20.2 Å². The maximum absolute atomic E-state index is 11.7. The number of nitrogens with zero attached hydrogens (tertiary/aromatic N) is 3. The van der Waals surface area contributed by atoms with E-state index in [0.29, 0.717) is 11.3 Å². The molecule has 2 heterocycles. The van der Waals surface area contributed by atoms with Gasteiger partial charge in [0.2, 0.25) is 11.5 Å². The molecule has 0 bridgehead atoms. The normalized spacial score (nSPS) is 20.8. The molecule has 9 heteroatoms. The van der Waals surface area contributed by atoms with Gasteiger partial charge in [0.1, 0.15) is 5.75 Å². The molecule has 0 unspecified atom stereocenters. The Morgan fingerprint density at radius 1 is 1.10 bits per heavy atom. The Kier molecular flexibility index (Phi) is 3.83. The molecule has 4 rings (SSSR count). The molecule has 1 spiro atoms. The first kappa shape index (κ1) is 18.7. The molecule has 0 radical (unpaired) electrons. The summed E-state index contributed by atoms with van der Waals surface area (Å²) in [6, 6.07) is 7.66. The minimum absolute atomic E-state index is 0.0156. The van der Waals surface area contributed by atoms with Gasteiger partial charge >= 0.3 is 5.69 Å². The highest BCUT2D eigenvalue weighted by atomic mass is 16.6. The number of non-ortho nitro benzene ring substituents is 1. The summed E-state index contributed by atoms with van der Waals surface area (Å²) in [6.45, 7) is 3.81. The van der Waals surface area contributed by atoms with Gasteiger partial charge in [0.25, 0.3) is 5.69 Å². The molecule has 2 aromatic rings. The molecule has 0 saturated carbocycles. The Morgan fingerprint density at radius 2 is 1.83 bits per heavy atom. The van der Waals surface area contributed by atoms with Crippen molar-refractivity contribution in [2.24, 2.45) is 0 Å². The summed E-state index contributed by atoms with van der Waals surface area (Å²) in [5.74, 6) is 0.498. The highest BCUT2D eigenvalue weighted by molar-refractivity contribution is 5.76. The molecule has 2 aliphatic heterocycles. The van der Waals surface area contributed by atoms with Crippen LogP contribution in [0.3, 0.4) is 0 Å². The second-order valence-corrected chi connectivity index (χ2v) is 7.60. The van der Waals surface area contributed by atoms with Gasteiger partial charge in [0.05, 0.1) is 28.4 Å². The summed E-state index contributed by atoms with van der Waals surface area (Å²) in [4.78, 5) is 23.9. The van der Waals surface area contributed by atoms with Gasteiger partial charge < -0.3 is 14.4 Å². The first-order chi connectivity index (χ1) is 13.6. The van der Waals surface area contributed by atoms with Gasteiger partial charge in [0.15, 0.2) is 0 Å². The van der Waals surface area contributed by atoms with Crippen LogP contribution in [0.25, 0.3) is 6.08 Å². The van der Waals surface area contributed by atoms with Gasteiger partial charge in [0, 0.05) is 30.4 Å². The monoisotopic (exact) mass is 397 g/mol. The van der Waals surface area contributed by atoms with E-state index < -0.39 is 21.0 Å². The van der Waals surface area contributed by atoms with Crippen LogP contribution in [0.2, 0.25) is 0 Å². The molecule has 0 N–H and O–H groups in total. The Labute approximate surface area is 166 Å². The standard InChI is InChI=1S/C20H19N3O6/c1-19(2)15-10-13(22(24)25)5-6-16(15)21(3)20(19)8-7-12-9-14(28-4)11-17(23(26)27)18(12)29-20/h5-11H,1-4H3/t20-/m0/s1. The molecule has 0 fully saturated rings. The number of anilines is 1. The maximum Gasteiger partial charge on any atom is 0.315 e. The lowest BCUT2D eigenvalue weighted by Crippen LogP contribution is -2.58. The highest BCUT2D eigenvalue weighted by Crippen LogP contribution is 2.56. The van der Waals surface area contributed by atoms with E-state index in [-0.39, 0.29) is 17.1 Å². The molecule has 1 atom stereocenters. The predicted molar refractivity (Wildman–Crippen MR) is 107 cm³/mol. The fourth-order valence-corrected chi connectivity index (χ4v) is 4.23. The number of nitro groups is 2. The molecule has 0 aromatic heterocycles. The highest BCUT2D eigenvalue weighted by Gasteiger charge is 2.58. The Balaban J connectivity index is 1.90. The molecule has 0 aliphatic carbocycles. The van der Waals surface area contributed by atoms with Crippen molar-refractivity contribution in [1.82, 2.24) is 0 Å². The third-order valence-electron chi connectivity index (χ3n) is 5.87. The van der Waals surface area contributed by atoms with Crippen LogP contribution in [0.1, 0.15) is 25.0 Å². The molecule has 0 amide bonds. The smallest absolute Gasteiger partial charge is 0.315 e. The van der Waals surface area contributed by atoms with E-state index in [4.69, 9.17) is 9.47 Å². The number of nitro benzene ring substituents is 2. The minimum Gasteiger partial charge on any atom is -0.496 e. The lowest BCUT2D eigenvalue weighted by atomic mass is 9.76. The van der Waals surface area contributed by atoms with Gasteiger partial charge in [-0.05, 0) is 43.7 Å². The SMILES string of the molecule is COc1cc2c(c([N+](=O)[O-])c1)O[C@]1(C=C2)N(C)c2ccc([N+](=O)[O-])cc2C1(C)C. The van der Waals surface area contributed by atoms with Crippen molar-refractivity contribution in [1.29, 1.82) is 0 Å². The lowest BCUT2D eigenvalue weighted by Gasteiger charge is -2.45. The maximum atomic E-state index is 11.7. The van der Waals surface area contributed by atoms with E-state index >= 15 is 0 Å². The third kappa shape index (κ3) is 2.40. The number of ether oxygens (including phenoxy) is 2. The topological polar surface area (TPSA) is 108 Å². The number of likely N-dealkylation sites (N-methyl/N-ethyl adjacent to an activating group) is 1. The minimum atomic E-state index is -1.09. The summed E-state index contributed by atoms with van der Waals surface area (Å²) < 4.78 is 11.5. The third-order valence-corrected chi connectivity index (χ3v) is 5.87. The molecule has 150 valence electrons. The van der Waals surface area contributed by atoms with Crippen LogP contribution in [0.4, 0.5) is 17.1 Å². The van der Waals surface area contributed by atoms with Crippen molar-refractivity contribution in [3.8, 4) is 11.5 Å². The first-order valence-corrected chi connectivity index (χ1v) is 8.90. The second-order valence-electron chi connectivity index (χ2n) is 7.60. The van der Waals surface area contributed by atoms with Crippen molar-refractivity contribution < 1.29 is 19.3 Å². The molecular formula is C20H19N3O6. The molecule has 0 saturated heterocycles. The predicted octanol–water partition coefficient (Wildman–Crippen LogP) is 4.04. The Bertz CT molecular complexity index is 1090. The summed E-state index contributed by atoms with van der Waals surface area (Å²) in [6.07, 6.45) is 3.61. The summed E-state index contributed by atoms with van der Waals surface area (Å²) in [7, 11) is 3.25. The summed E-state index contributed by atoms with van der Waals surface area (Å²) in [5, 5.41) is 22.9. The number of hydrogen-bond acceptors (Lipinski definition) is 7. The van der Waals surface area contributed by atoms with Crippen LogP contribution in [0.5, 0.6) is 11.5 Å². The van der Waals surface area contributed by atoms with E-state index in [1.807, 2.05) is 31.9 Å². The van der Waals surface area contributed by atoms with Crippen molar-refractivity contribution in [2.75, 3.05) is 19.1 Å². The number of rotatable bonds is 3. The number of hydrogen-bond donors (Lipinski definition) is 0. The first-order valence-electron chi connectivity index (χ1n) is 8.90. The van der Waals surface area contributed by atoms with Crippen molar-refractivity contribution >= 4 is 23.1 Å². The van der Waals surface area contributed by atoms with Crippen LogP contribution in [0.15, 0.2) is 36.4 Å². The van der Waals surface area contributed by atoms with E-state index in [2.05, 4.69) is 0 Å². The van der Waals surface area contributed by atoms with Crippen molar-refractivity contribution in [3.63, 3.8) is 0 Å². The molecule has 29 heavy (non-hydrogen) atoms. The molecule has 9 nitrogen and oxygen atoms in total. The van der Waals surface area contributed by atoms with Gasteiger partial charge in [-0.3, -0.25) is 20.2 Å². The van der Waals surface area contributed by atoms with E-state index in [0.717, 1.165) is 11.3 Å². The van der Waals surface area contributed by atoms with Crippen LogP contribution in [-0.2, 0) is 5.41 Å². The average Bonchev–Trinajstić information content (AvgIpc) is 2.85. The zero-order chi connectivity index (χ0) is 21.1. The zero-order valence-corrected chi connectivity index (χ0v) is 16.3. The summed E-state index contributed by atoms with van der Waals surface area (Å²) >= 11 is 0. The van der Waals surface area contributed by atoms with Gasteiger partial charge in [-0.1, -0.05) is 0 Å². The Morgan fingerprint density at radius 3 is 2.45 bits per heavy atom. The van der Waals surface area contributed by atoms with Crippen LogP contribution >= 0.6 is 0 Å². The van der Waals surface area contributed by atoms with Gasteiger partial charge in [-0.15, -0.1) is 0 Å². The number of benzene rings is 2. The molecular weight excluding hydrogens is 378 g/mol. The van der Waals surface area contributed by atoms with Crippen LogP contribution < -0.4 is 14.4 Å². The fraction of sp³-hybridized carbons (Fsp3) is 0.300. The zero-order valence-electron chi connectivity index (χ0n) is 16.3. The van der Waals surface area contributed by atoms with Crippen molar-refractivity contribution in [3.05, 3.63) is 67.8 Å². The largest absolute Gasteiger partial charge is 0.496 e. The van der Waals surface area contributed by atoms with Gasteiger partial charge in [-0.2, -0.15) is 0 Å². The average molecular weight is 397 g/mol. The van der Waals surface area contributed by atoms with Crippen LogP contribution in [-0.4, -0.2) is 29.7 Å². The number of fused-ring (bicyclic) bond motifs is 2. The number of methoxy groups -OCH3 is 1. The molecule has 2 aliphatic rings. The van der Waals surface area contributed by atoms with E-state index in [1.54, 1.807) is 18.2 Å². The quantitative estimate of drug-likeness (QED) is 0.568. The second kappa shape index (κ2) is 5.94. The fourth-order valence-electron chi connectivity index (χ4n) is 4.23. The van der Waals surface area contributed by atoms with E-state index in [1.165, 1.54) is 25.3 Å².